The molecule has 0 aromatic heterocycles. The van der Waals surface area contributed by atoms with Gasteiger partial charge in [-0.2, -0.15) is 0 Å². The maximum atomic E-state index is 10.1. The Kier molecular flexibility index (Phi) is 3.09. The van der Waals surface area contributed by atoms with Gasteiger partial charge in [-0.3, -0.25) is 0 Å². The smallest absolute Gasteiger partial charge is 0.327 e. The van der Waals surface area contributed by atoms with E-state index in [2.05, 4.69) is 0 Å². The molecule has 0 fully saturated rings. The monoisotopic (exact) mass is 178 g/mol. The third kappa shape index (κ3) is 3.42. The first-order valence-electron chi connectivity index (χ1n) is 3.86. The number of carboxylic acid groups (broad SMARTS) is 1. The van der Waals surface area contributed by atoms with Crippen molar-refractivity contribution in [3.63, 3.8) is 0 Å². The summed E-state index contributed by atoms with van der Waals surface area (Å²) in [5.41, 5.74) is 0.968. The van der Waals surface area contributed by atoms with E-state index in [0.29, 0.717) is 6.42 Å². The van der Waals surface area contributed by atoms with Crippen LogP contribution in [0.3, 0.4) is 0 Å². The van der Waals surface area contributed by atoms with Gasteiger partial charge >= 0.3 is 5.97 Å². The van der Waals surface area contributed by atoms with Gasteiger partial charge in [0.15, 0.2) is 0 Å². The largest absolute Gasteiger partial charge is 0.508 e. The predicted octanol–water partition coefficient (Wildman–Crippen LogP) is 1.58. The van der Waals surface area contributed by atoms with Crippen molar-refractivity contribution >= 4 is 5.97 Å². The zero-order chi connectivity index (χ0) is 9.68. The number of rotatable bonds is 3. The van der Waals surface area contributed by atoms with Gasteiger partial charge in [-0.1, -0.05) is 18.2 Å². The average molecular weight is 178 g/mol. The Hall–Kier alpha value is -1.77. The Morgan fingerprint density at radius 2 is 1.92 bits per heavy atom. The van der Waals surface area contributed by atoms with Crippen LogP contribution in [0.4, 0.5) is 0 Å². The standard InChI is InChI=1S/C10H10O3/c11-9-6-4-8(5-7-9)2-1-3-10(12)13/h1,3-7,11H,2H2,(H,12,13)/b3-1+. The van der Waals surface area contributed by atoms with E-state index in [0.717, 1.165) is 11.6 Å². The first kappa shape index (κ1) is 9.32. The highest BCUT2D eigenvalue weighted by Gasteiger charge is 1.90. The van der Waals surface area contributed by atoms with E-state index in [9.17, 15) is 4.79 Å². The summed E-state index contributed by atoms with van der Waals surface area (Å²) < 4.78 is 0. The Labute approximate surface area is 76.0 Å². The summed E-state index contributed by atoms with van der Waals surface area (Å²) in [5, 5.41) is 17.3. The van der Waals surface area contributed by atoms with Gasteiger partial charge in [0.2, 0.25) is 0 Å². The van der Waals surface area contributed by atoms with Crippen LogP contribution in [0.25, 0.3) is 0 Å². The molecular formula is C10H10O3. The zero-order valence-corrected chi connectivity index (χ0v) is 6.97. The summed E-state index contributed by atoms with van der Waals surface area (Å²) in [6, 6.07) is 6.65. The lowest BCUT2D eigenvalue weighted by Gasteiger charge is -1.95. The van der Waals surface area contributed by atoms with Crippen molar-refractivity contribution in [1.29, 1.82) is 0 Å². The molecule has 0 spiro atoms. The molecule has 1 aromatic carbocycles. The lowest BCUT2D eigenvalue weighted by molar-refractivity contribution is -0.131. The van der Waals surface area contributed by atoms with Gasteiger partial charge in [-0.15, -0.1) is 0 Å². The van der Waals surface area contributed by atoms with E-state index in [1.165, 1.54) is 0 Å². The van der Waals surface area contributed by atoms with Crippen LogP contribution in [0.1, 0.15) is 5.56 Å². The molecule has 0 saturated heterocycles. The third-order valence-corrected chi connectivity index (χ3v) is 1.55. The fraction of sp³-hybridized carbons (Fsp3) is 0.100. The molecule has 68 valence electrons. The number of phenolic OH excluding ortho intramolecular Hbond substituents is 1. The highest BCUT2D eigenvalue weighted by molar-refractivity contribution is 5.79. The summed E-state index contributed by atoms with van der Waals surface area (Å²) in [6.07, 6.45) is 3.23. The normalized spacial score (nSPS) is 10.5. The summed E-state index contributed by atoms with van der Waals surface area (Å²) in [7, 11) is 0. The molecule has 0 aliphatic heterocycles. The van der Waals surface area contributed by atoms with Crippen LogP contribution in [-0.2, 0) is 11.2 Å². The van der Waals surface area contributed by atoms with Gasteiger partial charge in [0.1, 0.15) is 5.75 Å². The van der Waals surface area contributed by atoms with Crippen LogP contribution >= 0.6 is 0 Å². The average Bonchev–Trinajstić information content (AvgIpc) is 2.08. The van der Waals surface area contributed by atoms with Gasteiger partial charge in [0.25, 0.3) is 0 Å². The second-order valence-corrected chi connectivity index (χ2v) is 2.61. The molecule has 0 aliphatic carbocycles. The molecule has 0 bridgehead atoms. The molecule has 0 heterocycles. The molecule has 0 aliphatic rings. The van der Waals surface area contributed by atoms with Crippen LogP contribution in [0, 0.1) is 0 Å². The molecular weight excluding hydrogens is 168 g/mol. The van der Waals surface area contributed by atoms with Gasteiger partial charge in [-0.25, -0.2) is 4.79 Å². The SMILES string of the molecule is O=C(O)/C=C/Cc1ccc(O)cc1. The van der Waals surface area contributed by atoms with E-state index in [1.807, 2.05) is 0 Å². The number of phenols is 1. The number of carbonyl (C=O) groups is 1. The minimum Gasteiger partial charge on any atom is -0.508 e. The van der Waals surface area contributed by atoms with E-state index in [-0.39, 0.29) is 5.75 Å². The molecule has 0 radical (unpaired) electrons. The number of aliphatic carboxylic acids is 1. The molecule has 0 saturated carbocycles. The van der Waals surface area contributed by atoms with Crippen molar-refractivity contribution in [2.24, 2.45) is 0 Å². The number of benzene rings is 1. The van der Waals surface area contributed by atoms with E-state index >= 15 is 0 Å². The predicted molar refractivity (Wildman–Crippen MR) is 48.6 cm³/mol. The van der Waals surface area contributed by atoms with Crippen LogP contribution < -0.4 is 0 Å². The Morgan fingerprint density at radius 1 is 1.31 bits per heavy atom. The number of aromatic hydroxyl groups is 1. The molecule has 3 heteroatoms. The summed E-state index contributed by atoms with van der Waals surface area (Å²) in [5.74, 6) is -0.732. The van der Waals surface area contributed by atoms with Crippen LogP contribution in [0.2, 0.25) is 0 Å². The Balaban J connectivity index is 2.55. The fourth-order valence-electron chi connectivity index (χ4n) is 0.928. The highest BCUT2D eigenvalue weighted by atomic mass is 16.4. The molecule has 2 N–H and O–H groups in total. The fourth-order valence-corrected chi connectivity index (χ4v) is 0.928. The van der Waals surface area contributed by atoms with Crippen LogP contribution in [-0.4, -0.2) is 16.2 Å². The van der Waals surface area contributed by atoms with Gasteiger partial charge in [0.05, 0.1) is 0 Å². The maximum absolute atomic E-state index is 10.1. The van der Waals surface area contributed by atoms with Crippen LogP contribution in [0.15, 0.2) is 36.4 Å². The summed E-state index contributed by atoms with van der Waals surface area (Å²) >= 11 is 0. The minimum atomic E-state index is -0.946. The quantitative estimate of drug-likeness (QED) is 0.691. The Morgan fingerprint density at radius 3 is 2.46 bits per heavy atom. The minimum absolute atomic E-state index is 0.214. The topological polar surface area (TPSA) is 57.5 Å². The lowest BCUT2D eigenvalue weighted by Crippen LogP contribution is -1.87. The number of allylic oxidation sites excluding steroid dienone is 1. The van der Waals surface area contributed by atoms with Crippen molar-refractivity contribution in [2.75, 3.05) is 0 Å². The van der Waals surface area contributed by atoms with E-state index in [4.69, 9.17) is 10.2 Å². The van der Waals surface area contributed by atoms with Crippen molar-refractivity contribution in [2.45, 2.75) is 6.42 Å². The summed E-state index contributed by atoms with van der Waals surface area (Å²) in [4.78, 5) is 10.1. The number of carboxylic acids is 1. The van der Waals surface area contributed by atoms with Gasteiger partial charge < -0.3 is 10.2 Å². The molecule has 0 unspecified atom stereocenters. The van der Waals surface area contributed by atoms with Gasteiger partial charge in [0, 0.05) is 6.08 Å². The second-order valence-electron chi connectivity index (χ2n) is 2.61. The van der Waals surface area contributed by atoms with Gasteiger partial charge in [-0.05, 0) is 24.1 Å². The van der Waals surface area contributed by atoms with Crippen molar-refractivity contribution in [1.82, 2.24) is 0 Å². The van der Waals surface area contributed by atoms with E-state index < -0.39 is 5.97 Å². The maximum Gasteiger partial charge on any atom is 0.327 e. The molecule has 1 aromatic rings. The number of hydrogen-bond donors (Lipinski definition) is 2. The molecule has 1 rings (SSSR count). The zero-order valence-electron chi connectivity index (χ0n) is 6.97. The van der Waals surface area contributed by atoms with E-state index in [1.54, 1.807) is 30.3 Å². The van der Waals surface area contributed by atoms with Crippen molar-refractivity contribution in [3.8, 4) is 5.75 Å². The molecule has 13 heavy (non-hydrogen) atoms. The lowest BCUT2D eigenvalue weighted by atomic mass is 10.1. The van der Waals surface area contributed by atoms with Crippen molar-refractivity contribution < 1.29 is 15.0 Å². The molecule has 0 atom stereocenters. The van der Waals surface area contributed by atoms with Crippen molar-refractivity contribution in [3.05, 3.63) is 42.0 Å². The highest BCUT2D eigenvalue weighted by Crippen LogP contribution is 2.09. The molecule has 0 amide bonds. The summed E-state index contributed by atoms with van der Waals surface area (Å²) in [6.45, 7) is 0. The second kappa shape index (κ2) is 4.30. The third-order valence-electron chi connectivity index (χ3n) is 1.55. The van der Waals surface area contributed by atoms with Crippen LogP contribution in [0.5, 0.6) is 5.75 Å². The first-order valence-corrected chi connectivity index (χ1v) is 3.86. The first-order chi connectivity index (χ1) is 6.18. The molecule has 3 nitrogen and oxygen atoms in total. The Bertz CT molecular complexity index is 311. The number of hydrogen-bond acceptors (Lipinski definition) is 2.